The molecule has 4 rings (SSSR count). The minimum Gasteiger partial charge on any atom is -0.352 e. The Balaban J connectivity index is 1.45. The van der Waals surface area contributed by atoms with E-state index in [-0.39, 0.29) is 11.1 Å². The van der Waals surface area contributed by atoms with Crippen molar-refractivity contribution in [2.24, 2.45) is 0 Å². The molecule has 0 amide bonds. The van der Waals surface area contributed by atoms with Gasteiger partial charge in [0, 0.05) is 20.1 Å². The number of nitrogens with zero attached hydrogens (tertiary/aromatic N) is 5. The fourth-order valence-corrected chi connectivity index (χ4v) is 4.31. The van der Waals surface area contributed by atoms with Crippen LogP contribution in [0.2, 0.25) is 0 Å². The first-order valence-electron chi connectivity index (χ1n) is 7.62. The molecule has 0 unspecified atom stereocenters. The maximum Gasteiger partial charge on any atom is 0.260 e. The van der Waals surface area contributed by atoms with E-state index in [1.165, 1.54) is 22.4 Å². The lowest BCUT2D eigenvalue weighted by Crippen LogP contribution is -2.60. The highest BCUT2D eigenvalue weighted by Gasteiger charge is 2.38. The number of imidazole rings is 1. The average molecular weight is 334 g/mol. The van der Waals surface area contributed by atoms with Crippen LogP contribution in [-0.4, -0.2) is 59.1 Å². The van der Waals surface area contributed by atoms with Gasteiger partial charge in [-0.3, -0.25) is 0 Å². The molecule has 2 aromatic rings. The molecule has 1 aliphatic heterocycles. The minimum atomic E-state index is -3.52. The van der Waals surface area contributed by atoms with Crippen LogP contribution in [0.25, 0.3) is 0 Å². The molecule has 0 radical (unpaired) electrons. The Bertz CT molecular complexity index is 814. The molecule has 0 saturated carbocycles. The summed E-state index contributed by atoms with van der Waals surface area (Å²) in [6, 6.07) is 2.02. The second kappa shape index (κ2) is 5.27. The van der Waals surface area contributed by atoms with E-state index < -0.39 is 10.0 Å². The van der Waals surface area contributed by atoms with Gasteiger partial charge >= 0.3 is 0 Å². The maximum atomic E-state index is 12.4. The van der Waals surface area contributed by atoms with Crippen LogP contribution < -0.4 is 4.90 Å². The smallest absolute Gasteiger partial charge is 0.260 e. The van der Waals surface area contributed by atoms with Crippen molar-refractivity contribution in [2.45, 2.75) is 30.3 Å². The van der Waals surface area contributed by atoms with Crippen molar-refractivity contribution >= 4 is 15.8 Å². The predicted molar refractivity (Wildman–Crippen MR) is 83.6 cm³/mol. The molecule has 0 bridgehead atoms. The lowest BCUT2D eigenvalue weighted by atomic mass is 10.1. The lowest BCUT2D eigenvalue weighted by Gasteiger charge is -2.43. The molecule has 3 heterocycles. The molecule has 0 aromatic carbocycles. The summed E-state index contributed by atoms with van der Waals surface area (Å²) in [6.07, 6.45) is 5.91. The van der Waals surface area contributed by atoms with E-state index in [2.05, 4.69) is 31.1 Å². The first-order chi connectivity index (χ1) is 11.1. The van der Waals surface area contributed by atoms with Gasteiger partial charge in [0.15, 0.2) is 10.8 Å². The Morgan fingerprint density at radius 2 is 2.13 bits per heavy atom. The molecule has 1 aliphatic carbocycles. The lowest BCUT2D eigenvalue weighted by molar-refractivity contribution is 0.308. The van der Waals surface area contributed by atoms with E-state index in [0.717, 1.165) is 30.8 Å². The van der Waals surface area contributed by atoms with Gasteiger partial charge in [-0.25, -0.2) is 13.4 Å². The summed E-state index contributed by atoms with van der Waals surface area (Å²) in [5.74, 6) is 0.842. The second-order valence-electron chi connectivity index (χ2n) is 6.02. The van der Waals surface area contributed by atoms with Crippen LogP contribution in [0.5, 0.6) is 0 Å². The van der Waals surface area contributed by atoms with E-state index in [9.17, 15) is 8.42 Å². The van der Waals surface area contributed by atoms with E-state index in [1.54, 1.807) is 7.05 Å². The van der Waals surface area contributed by atoms with Gasteiger partial charge in [0.25, 0.3) is 10.0 Å². The number of aromatic amines is 1. The average Bonchev–Trinajstić information content (AvgIpc) is 3.16. The summed E-state index contributed by atoms with van der Waals surface area (Å²) in [5, 5.41) is 8.68. The highest BCUT2D eigenvalue weighted by Crippen LogP contribution is 2.27. The molecule has 23 heavy (non-hydrogen) atoms. The monoisotopic (exact) mass is 334 g/mol. The van der Waals surface area contributed by atoms with Gasteiger partial charge in [0.1, 0.15) is 0 Å². The highest BCUT2D eigenvalue weighted by atomic mass is 32.2. The largest absolute Gasteiger partial charge is 0.352 e. The molecule has 1 saturated heterocycles. The van der Waals surface area contributed by atoms with Crippen LogP contribution in [0.4, 0.5) is 5.82 Å². The standard InChI is InChI=1S/C14H18N6O2S/c1-19(23(21,22)14-6-15-9-16-14)11-7-20(8-11)13-5-10-3-2-4-12(10)17-18-13/h5-6,9,11H,2-4,7-8H2,1H3,(H,15,16). The van der Waals surface area contributed by atoms with Crippen LogP contribution in [0.1, 0.15) is 17.7 Å². The molecule has 2 aromatic heterocycles. The number of anilines is 1. The quantitative estimate of drug-likeness (QED) is 0.858. The molecule has 8 nitrogen and oxygen atoms in total. The number of sulfonamides is 1. The Kier molecular flexibility index (Phi) is 3.34. The first kappa shape index (κ1) is 14.6. The number of aromatic nitrogens is 4. The van der Waals surface area contributed by atoms with E-state index in [4.69, 9.17) is 0 Å². The van der Waals surface area contributed by atoms with Crippen LogP contribution >= 0.6 is 0 Å². The van der Waals surface area contributed by atoms with Crippen LogP contribution in [0, 0.1) is 0 Å². The molecule has 2 aliphatic rings. The first-order valence-corrected chi connectivity index (χ1v) is 9.06. The molecule has 0 atom stereocenters. The Morgan fingerprint density at radius 3 is 2.87 bits per heavy atom. The Morgan fingerprint density at radius 1 is 1.30 bits per heavy atom. The molecule has 9 heteroatoms. The third-order valence-corrected chi connectivity index (χ3v) is 6.47. The van der Waals surface area contributed by atoms with E-state index in [1.807, 2.05) is 0 Å². The second-order valence-corrected chi connectivity index (χ2v) is 7.99. The predicted octanol–water partition coefficient (Wildman–Crippen LogP) is 0.198. The number of likely N-dealkylation sites (N-methyl/N-ethyl adjacent to an activating group) is 1. The zero-order valence-corrected chi connectivity index (χ0v) is 13.6. The van der Waals surface area contributed by atoms with Crippen molar-refractivity contribution in [1.29, 1.82) is 0 Å². The van der Waals surface area contributed by atoms with Gasteiger partial charge in [0.05, 0.1) is 24.3 Å². The third-order valence-electron chi connectivity index (χ3n) is 4.64. The van der Waals surface area contributed by atoms with Crippen molar-refractivity contribution in [3.8, 4) is 0 Å². The zero-order chi connectivity index (χ0) is 16.0. The molecule has 0 spiro atoms. The van der Waals surface area contributed by atoms with E-state index >= 15 is 0 Å². The van der Waals surface area contributed by atoms with Gasteiger partial charge in [-0.15, -0.1) is 5.10 Å². The maximum absolute atomic E-state index is 12.4. The normalized spacial score (nSPS) is 18.3. The van der Waals surface area contributed by atoms with Crippen molar-refractivity contribution in [2.75, 3.05) is 25.0 Å². The summed E-state index contributed by atoms with van der Waals surface area (Å²) in [4.78, 5) is 8.50. The van der Waals surface area contributed by atoms with Gasteiger partial charge in [0.2, 0.25) is 0 Å². The number of hydrogen-bond donors (Lipinski definition) is 1. The highest BCUT2D eigenvalue weighted by molar-refractivity contribution is 7.89. The number of fused-ring (bicyclic) bond motifs is 1. The SMILES string of the molecule is CN(C1CN(c2cc3c(nn2)CCC3)C1)S(=O)(=O)c1cnc[nH]1. The summed E-state index contributed by atoms with van der Waals surface area (Å²) in [5.41, 5.74) is 2.38. The van der Waals surface area contributed by atoms with Gasteiger partial charge in [-0.2, -0.15) is 9.40 Å². The van der Waals surface area contributed by atoms with Crippen LogP contribution in [-0.2, 0) is 22.9 Å². The van der Waals surface area contributed by atoms with Crippen molar-refractivity contribution in [1.82, 2.24) is 24.5 Å². The number of H-pyrrole nitrogens is 1. The molecule has 122 valence electrons. The van der Waals surface area contributed by atoms with Crippen molar-refractivity contribution in [3.63, 3.8) is 0 Å². The fraction of sp³-hybridized carbons (Fsp3) is 0.500. The summed E-state index contributed by atoms with van der Waals surface area (Å²) in [6.45, 7) is 1.24. The van der Waals surface area contributed by atoms with Gasteiger partial charge in [-0.05, 0) is 30.9 Å². The Hall–Kier alpha value is -2.00. The van der Waals surface area contributed by atoms with Gasteiger partial charge in [-0.1, -0.05) is 0 Å². The van der Waals surface area contributed by atoms with E-state index in [0.29, 0.717) is 13.1 Å². The topological polar surface area (TPSA) is 95.1 Å². The molecular formula is C14H18N6O2S. The number of nitrogens with one attached hydrogen (secondary N) is 1. The summed E-state index contributed by atoms with van der Waals surface area (Å²) >= 11 is 0. The van der Waals surface area contributed by atoms with Crippen LogP contribution in [0.3, 0.4) is 0 Å². The number of aryl methyl sites for hydroxylation is 2. The van der Waals surface area contributed by atoms with Crippen molar-refractivity contribution < 1.29 is 8.42 Å². The Labute approximate surface area is 134 Å². The molecule has 1 N–H and O–H groups in total. The minimum absolute atomic E-state index is 0.0710. The molecular weight excluding hydrogens is 316 g/mol. The fourth-order valence-electron chi connectivity index (χ4n) is 3.08. The van der Waals surface area contributed by atoms with Gasteiger partial charge < -0.3 is 9.88 Å². The number of rotatable bonds is 4. The zero-order valence-electron chi connectivity index (χ0n) is 12.8. The summed E-state index contributed by atoms with van der Waals surface area (Å²) in [7, 11) is -1.91. The third kappa shape index (κ3) is 2.40. The van der Waals surface area contributed by atoms with Crippen LogP contribution in [0.15, 0.2) is 23.6 Å². The van der Waals surface area contributed by atoms with Crippen molar-refractivity contribution in [3.05, 3.63) is 29.8 Å². The summed E-state index contributed by atoms with van der Waals surface area (Å²) < 4.78 is 26.3. The number of hydrogen-bond acceptors (Lipinski definition) is 6. The molecule has 1 fully saturated rings.